The highest BCUT2D eigenvalue weighted by molar-refractivity contribution is 5.94. The van der Waals surface area contributed by atoms with Crippen molar-refractivity contribution in [3.8, 4) is 5.69 Å². The number of benzene rings is 2. The highest BCUT2D eigenvalue weighted by Gasteiger charge is 2.30. The van der Waals surface area contributed by atoms with Crippen LogP contribution in [0.4, 0.5) is 10.5 Å². The van der Waals surface area contributed by atoms with Gasteiger partial charge in [-0.05, 0) is 55.3 Å². The van der Waals surface area contributed by atoms with Gasteiger partial charge >= 0.3 is 12.0 Å². The number of nitrogens with one attached hydrogen (secondary N) is 1. The number of para-hydroxylation sites is 1. The van der Waals surface area contributed by atoms with Crippen LogP contribution in [0.3, 0.4) is 0 Å². The Labute approximate surface area is 176 Å². The maximum atomic E-state index is 13.3. The van der Waals surface area contributed by atoms with Crippen molar-refractivity contribution < 1.29 is 14.3 Å². The summed E-state index contributed by atoms with van der Waals surface area (Å²) in [6.45, 7) is 4.65. The summed E-state index contributed by atoms with van der Waals surface area (Å²) in [4.78, 5) is 27.2. The van der Waals surface area contributed by atoms with E-state index in [1.165, 1.54) is 0 Å². The van der Waals surface area contributed by atoms with Crippen molar-refractivity contribution in [1.29, 1.82) is 0 Å². The normalized spacial score (nSPS) is 15.0. The minimum Gasteiger partial charge on any atom is -0.462 e. The zero-order chi connectivity index (χ0) is 21.1. The third kappa shape index (κ3) is 3.68. The molecule has 154 valence electrons. The Hall–Kier alpha value is -3.54. The maximum Gasteiger partial charge on any atom is 0.338 e. The monoisotopic (exact) mass is 403 g/mol. The van der Waals surface area contributed by atoms with Gasteiger partial charge in [0.15, 0.2) is 0 Å². The molecule has 0 bridgehead atoms. The van der Waals surface area contributed by atoms with Crippen LogP contribution in [0.15, 0.2) is 66.9 Å². The summed E-state index contributed by atoms with van der Waals surface area (Å²) in [5.74, 6) is -0.401. The van der Waals surface area contributed by atoms with Gasteiger partial charge in [0.25, 0.3) is 0 Å². The Bertz CT molecular complexity index is 1070. The Morgan fingerprint density at radius 3 is 2.70 bits per heavy atom. The summed E-state index contributed by atoms with van der Waals surface area (Å²) < 4.78 is 7.22. The minimum absolute atomic E-state index is 0.0689. The van der Waals surface area contributed by atoms with Gasteiger partial charge in [0.2, 0.25) is 0 Å². The molecule has 0 unspecified atom stereocenters. The highest BCUT2D eigenvalue weighted by atomic mass is 16.5. The third-order valence-corrected chi connectivity index (χ3v) is 5.36. The van der Waals surface area contributed by atoms with Crippen LogP contribution in [0.5, 0.6) is 0 Å². The summed E-state index contributed by atoms with van der Waals surface area (Å²) in [7, 11) is 0. The lowest BCUT2D eigenvalue weighted by Gasteiger charge is -2.29. The molecule has 1 aliphatic rings. The van der Waals surface area contributed by atoms with Gasteiger partial charge in [0.1, 0.15) is 0 Å². The zero-order valence-corrected chi connectivity index (χ0v) is 17.2. The van der Waals surface area contributed by atoms with Crippen molar-refractivity contribution in [2.24, 2.45) is 0 Å². The fourth-order valence-electron chi connectivity index (χ4n) is 3.99. The largest absolute Gasteiger partial charge is 0.462 e. The molecule has 2 amide bonds. The van der Waals surface area contributed by atoms with E-state index in [-0.39, 0.29) is 12.1 Å². The molecule has 1 atom stereocenters. The first-order chi connectivity index (χ1) is 14.6. The van der Waals surface area contributed by atoms with Crippen molar-refractivity contribution in [2.45, 2.75) is 32.9 Å². The van der Waals surface area contributed by atoms with Gasteiger partial charge < -0.3 is 19.5 Å². The SMILES string of the molecule is CCOC(=O)c1cccc(NC(=O)N2Cc3ccccc3-n3cccc3[C@H]2CC)c1. The van der Waals surface area contributed by atoms with Crippen LogP contribution >= 0.6 is 0 Å². The van der Waals surface area contributed by atoms with Gasteiger partial charge in [-0.3, -0.25) is 0 Å². The molecule has 0 saturated carbocycles. The topological polar surface area (TPSA) is 63.6 Å². The molecular formula is C24H25N3O3. The minimum atomic E-state index is -0.401. The first-order valence-electron chi connectivity index (χ1n) is 10.2. The predicted octanol–water partition coefficient (Wildman–Crippen LogP) is 5.15. The number of aromatic nitrogens is 1. The smallest absolute Gasteiger partial charge is 0.338 e. The Morgan fingerprint density at radius 2 is 1.90 bits per heavy atom. The molecule has 0 spiro atoms. The number of anilines is 1. The number of carbonyl (C=O) groups is 2. The molecule has 0 saturated heterocycles. The Morgan fingerprint density at radius 1 is 1.07 bits per heavy atom. The van der Waals surface area contributed by atoms with Crippen LogP contribution in [0.1, 0.15) is 47.9 Å². The van der Waals surface area contributed by atoms with Crippen LogP contribution < -0.4 is 5.32 Å². The molecule has 0 fully saturated rings. The van der Waals surface area contributed by atoms with Crippen LogP contribution in [0.2, 0.25) is 0 Å². The molecule has 4 rings (SSSR count). The average molecular weight is 403 g/mol. The first kappa shape index (κ1) is 19.8. The predicted molar refractivity (Wildman–Crippen MR) is 116 cm³/mol. The molecule has 0 aliphatic carbocycles. The van der Waals surface area contributed by atoms with Crippen molar-refractivity contribution in [1.82, 2.24) is 9.47 Å². The van der Waals surface area contributed by atoms with Gasteiger partial charge in [-0.25, -0.2) is 9.59 Å². The summed E-state index contributed by atoms with van der Waals surface area (Å²) in [5.41, 5.74) is 4.24. The molecule has 2 aromatic carbocycles. The van der Waals surface area contributed by atoms with Crippen LogP contribution in [0, 0.1) is 0 Å². The molecule has 2 heterocycles. The molecule has 1 aliphatic heterocycles. The molecule has 30 heavy (non-hydrogen) atoms. The fourth-order valence-corrected chi connectivity index (χ4v) is 3.99. The van der Waals surface area contributed by atoms with E-state index in [0.717, 1.165) is 23.4 Å². The van der Waals surface area contributed by atoms with E-state index >= 15 is 0 Å². The number of ether oxygens (including phenoxy) is 1. The van der Waals surface area contributed by atoms with E-state index < -0.39 is 5.97 Å². The lowest BCUT2D eigenvalue weighted by Crippen LogP contribution is -2.37. The summed E-state index contributed by atoms with van der Waals surface area (Å²) >= 11 is 0. The van der Waals surface area contributed by atoms with Gasteiger partial charge in [0, 0.05) is 17.6 Å². The standard InChI is InChI=1S/C24H25N3O3/c1-3-20-22-13-8-14-26(22)21-12-6-5-9-18(21)16-27(20)24(29)25-19-11-7-10-17(15-19)23(28)30-4-2/h5-15,20H,3-4,16H2,1-2H3,(H,25,29)/t20-/m1/s1. The summed E-state index contributed by atoms with van der Waals surface area (Å²) in [5, 5.41) is 2.96. The molecule has 6 nitrogen and oxygen atoms in total. The average Bonchev–Trinajstić information content (AvgIpc) is 3.19. The molecule has 0 radical (unpaired) electrons. The Kier molecular flexibility index (Phi) is 5.57. The van der Waals surface area contributed by atoms with E-state index in [1.54, 1.807) is 31.2 Å². The quantitative estimate of drug-likeness (QED) is 0.613. The maximum absolute atomic E-state index is 13.3. The number of amides is 2. The molecular weight excluding hydrogens is 378 g/mol. The van der Waals surface area contributed by atoms with Gasteiger partial charge in [-0.1, -0.05) is 31.2 Å². The lowest BCUT2D eigenvalue weighted by molar-refractivity contribution is 0.0526. The van der Waals surface area contributed by atoms with Crippen molar-refractivity contribution in [2.75, 3.05) is 11.9 Å². The number of hydrogen-bond acceptors (Lipinski definition) is 3. The van der Waals surface area contributed by atoms with Gasteiger partial charge in [0.05, 0.1) is 30.4 Å². The van der Waals surface area contributed by atoms with Crippen LogP contribution in [0.25, 0.3) is 5.69 Å². The van der Waals surface area contributed by atoms with E-state index in [9.17, 15) is 9.59 Å². The second-order valence-corrected chi connectivity index (χ2v) is 7.22. The van der Waals surface area contributed by atoms with E-state index in [2.05, 4.69) is 35.0 Å². The van der Waals surface area contributed by atoms with Crippen LogP contribution in [-0.4, -0.2) is 28.1 Å². The molecule has 1 N–H and O–H groups in total. The first-order valence-corrected chi connectivity index (χ1v) is 10.2. The van der Waals surface area contributed by atoms with E-state index in [0.29, 0.717) is 24.4 Å². The second-order valence-electron chi connectivity index (χ2n) is 7.22. The fraction of sp³-hybridized carbons (Fsp3) is 0.250. The molecule has 6 heteroatoms. The number of nitrogens with zero attached hydrogens (tertiary/aromatic N) is 2. The van der Waals surface area contributed by atoms with Crippen molar-refractivity contribution in [3.05, 3.63) is 83.7 Å². The Balaban J connectivity index is 1.64. The van der Waals surface area contributed by atoms with E-state index in [1.807, 2.05) is 29.3 Å². The van der Waals surface area contributed by atoms with Crippen molar-refractivity contribution in [3.63, 3.8) is 0 Å². The summed E-state index contributed by atoms with van der Waals surface area (Å²) in [6, 6.07) is 18.8. The molecule has 3 aromatic rings. The lowest BCUT2D eigenvalue weighted by atomic mass is 10.1. The van der Waals surface area contributed by atoms with Crippen molar-refractivity contribution >= 4 is 17.7 Å². The third-order valence-electron chi connectivity index (χ3n) is 5.36. The number of rotatable bonds is 4. The number of urea groups is 1. The van der Waals surface area contributed by atoms with Gasteiger partial charge in [-0.15, -0.1) is 0 Å². The second kappa shape index (κ2) is 8.45. The van der Waals surface area contributed by atoms with Gasteiger partial charge in [-0.2, -0.15) is 0 Å². The molecule has 1 aromatic heterocycles. The van der Waals surface area contributed by atoms with Crippen LogP contribution in [-0.2, 0) is 11.3 Å². The number of fused-ring (bicyclic) bond motifs is 3. The van der Waals surface area contributed by atoms with E-state index in [4.69, 9.17) is 4.74 Å². The number of carbonyl (C=O) groups excluding carboxylic acids is 2. The zero-order valence-electron chi connectivity index (χ0n) is 17.2. The summed E-state index contributed by atoms with van der Waals surface area (Å²) in [6.07, 6.45) is 2.83. The number of hydrogen-bond donors (Lipinski definition) is 1. The highest BCUT2D eigenvalue weighted by Crippen LogP contribution is 2.34. The number of esters is 1.